The molecule has 124 valence electrons. The molecule has 0 aliphatic rings. The number of para-hydroxylation sites is 1. The van der Waals surface area contributed by atoms with Gasteiger partial charge in [0.25, 0.3) is 0 Å². The van der Waals surface area contributed by atoms with E-state index in [-0.39, 0.29) is 5.41 Å². The Hall–Kier alpha value is -2.00. The lowest BCUT2D eigenvalue weighted by atomic mass is 9.87. The van der Waals surface area contributed by atoms with Crippen LogP contribution < -0.4 is 15.2 Å². The molecule has 0 saturated heterocycles. The average molecular weight is 313 g/mol. The fraction of sp³-hybridized carbons (Fsp3) is 0.400. The number of ether oxygens (including phenoxy) is 2. The van der Waals surface area contributed by atoms with Crippen molar-refractivity contribution in [3.8, 4) is 11.5 Å². The van der Waals surface area contributed by atoms with Crippen LogP contribution in [0.4, 0.5) is 0 Å². The van der Waals surface area contributed by atoms with E-state index in [1.54, 1.807) is 0 Å². The first-order valence-corrected chi connectivity index (χ1v) is 8.15. The van der Waals surface area contributed by atoms with E-state index in [0.717, 1.165) is 23.5 Å². The van der Waals surface area contributed by atoms with Gasteiger partial charge in [0, 0.05) is 0 Å². The van der Waals surface area contributed by atoms with Crippen molar-refractivity contribution >= 4 is 0 Å². The molecule has 0 unspecified atom stereocenters. The molecule has 23 heavy (non-hydrogen) atoms. The highest BCUT2D eigenvalue weighted by molar-refractivity contribution is 5.33. The standard InChI is InChI=1S/C20H27NO2/c1-20(2,3)17-8-10-18(11-9-17)22-14-15-23-19-7-5-4-6-16(19)12-13-21/h4-11H,12-15,21H2,1-3H3. The first kappa shape index (κ1) is 17.4. The molecule has 0 radical (unpaired) electrons. The van der Waals surface area contributed by atoms with E-state index in [1.165, 1.54) is 5.56 Å². The second kappa shape index (κ2) is 8.02. The Kier molecular flexibility index (Phi) is 6.05. The summed E-state index contributed by atoms with van der Waals surface area (Å²) in [4.78, 5) is 0. The maximum atomic E-state index is 5.81. The van der Waals surface area contributed by atoms with Crippen molar-refractivity contribution in [2.45, 2.75) is 32.6 Å². The topological polar surface area (TPSA) is 44.5 Å². The van der Waals surface area contributed by atoms with Gasteiger partial charge in [0.05, 0.1) is 0 Å². The van der Waals surface area contributed by atoms with Crippen LogP contribution in [-0.2, 0) is 11.8 Å². The number of benzene rings is 2. The maximum absolute atomic E-state index is 5.81. The van der Waals surface area contributed by atoms with Crippen molar-refractivity contribution < 1.29 is 9.47 Å². The fourth-order valence-electron chi connectivity index (χ4n) is 2.37. The van der Waals surface area contributed by atoms with Crippen LogP contribution >= 0.6 is 0 Å². The van der Waals surface area contributed by atoms with Crippen LogP contribution in [0.2, 0.25) is 0 Å². The molecule has 0 aromatic heterocycles. The molecule has 0 spiro atoms. The third-order valence-corrected chi connectivity index (χ3v) is 3.72. The second-order valence-corrected chi connectivity index (χ2v) is 6.62. The minimum absolute atomic E-state index is 0.161. The van der Waals surface area contributed by atoms with Gasteiger partial charge in [-0.15, -0.1) is 0 Å². The molecule has 2 N–H and O–H groups in total. The van der Waals surface area contributed by atoms with Gasteiger partial charge in [-0.05, 0) is 47.7 Å². The molecular weight excluding hydrogens is 286 g/mol. The SMILES string of the molecule is CC(C)(C)c1ccc(OCCOc2ccccc2CCN)cc1. The molecule has 0 amide bonds. The fourth-order valence-corrected chi connectivity index (χ4v) is 2.37. The van der Waals surface area contributed by atoms with Crippen molar-refractivity contribution in [3.05, 3.63) is 59.7 Å². The molecular formula is C20H27NO2. The number of hydrogen-bond donors (Lipinski definition) is 1. The minimum Gasteiger partial charge on any atom is -0.490 e. The van der Waals surface area contributed by atoms with Crippen LogP contribution in [0.5, 0.6) is 11.5 Å². The maximum Gasteiger partial charge on any atom is 0.122 e. The highest BCUT2D eigenvalue weighted by atomic mass is 16.5. The Labute approximate surface area is 139 Å². The van der Waals surface area contributed by atoms with Crippen molar-refractivity contribution in [1.82, 2.24) is 0 Å². The lowest BCUT2D eigenvalue weighted by molar-refractivity contribution is 0.216. The molecule has 0 bridgehead atoms. The van der Waals surface area contributed by atoms with Gasteiger partial charge in [0.1, 0.15) is 24.7 Å². The van der Waals surface area contributed by atoms with Crippen molar-refractivity contribution in [3.63, 3.8) is 0 Å². The number of hydrogen-bond acceptors (Lipinski definition) is 3. The van der Waals surface area contributed by atoms with Gasteiger partial charge in [0.15, 0.2) is 0 Å². The van der Waals surface area contributed by atoms with Crippen molar-refractivity contribution in [2.24, 2.45) is 5.73 Å². The summed E-state index contributed by atoms with van der Waals surface area (Å²) in [7, 11) is 0. The quantitative estimate of drug-likeness (QED) is 0.787. The predicted octanol–water partition coefficient (Wildman–Crippen LogP) is 3.94. The van der Waals surface area contributed by atoms with E-state index in [1.807, 2.05) is 36.4 Å². The smallest absolute Gasteiger partial charge is 0.122 e. The molecule has 2 aromatic rings. The zero-order valence-corrected chi connectivity index (χ0v) is 14.3. The van der Waals surface area contributed by atoms with Crippen LogP contribution in [0.25, 0.3) is 0 Å². The van der Waals surface area contributed by atoms with Crippen LogP contribution in [0.15, 0.2) is 48.5 Å². The van der Waals surface area contributed by atoms with E-state index < -0.39 is 0 Å². The number of nitrogens with two attached hydrogens (primary N) is 1. The van der Waals surface area contributed by atoms with Gasteiger partial charge in [-0.2, -0.15) is 0 Å². The molecule has 0 saturated carbocycles. The monoisotopic (exact) mass is 313 g/mol. The molecule has 0 heterocycles. The Balaban J connectivity index is 1.82. The molecule has 3 heteroatoms. The van der Waals surface area contributed by atoms with Crippen LogP contribution in [0, 0.1) is 0 Å². The first-order valence-electron chi connectivity index (χ1n) is 8.15. The molecule has 3 nitrogen and oxygen atoms in total. The Morgan fingerprint density at radius 2 is 1.52 bits per heavy atom. The van der Waals surface area contributed by atoms with Gasteiger partial charge < -0.3 is 15.2 Å². The summed E-state index contributed by atoms with van der Waals surface area (Å²) in [5.41, 5.74) is 8.23. The van der Waals surface area contributed by atoms with Crippen molar-refractivity contribution in [1.29, 1.82) is 0 Å². The lowest BCUT2D eigenvalue weighted by Crippen LogP contribution is -2.12. The molecule has 0 atom stereocenters. The highest BCUT2D eigenvalue weighted by Crippen LogP contribution is 2.24. The van der Waals surface area contributed by atoms with E-state index in [4.69, 9.17) is 15.2 Å². The molecule has 0 fully saturated rings. The molecule has 2 rings (SSSR count). The highest BCUT2D eigenvalue weighted by Gasteiger charge is 2.12. The van der Waals surface area contributed by atoms with E-state index >= 15 is 0 Å². The second-order valence-electron chi connectivity index (χ2n) is 6.62. The van der Waals surface area contributed by atoms with Gasteiger partial charge in [-0.1, -0.05) is 51.1 Å². The Morgan fingerprint density at radius 1 is 0.870 bits per heavy atom. The Bertz CT molecular complexity index is 600. The number of rotatable bonds is 7. The normalized spacial score (nSPS) is 11.3. The predicted molar refractivity (Wildman–Crippen MR) is 95.3 cm³/mol. The summed E-state index contributed by atoms with van der Waals surface area (Å²) < 4.78 is 11.6. The summed E-state index contributed by atoms with van der Waals surface area (Å²) >= 11 is 0. The summed E-state index contributed by atoms with van der Waals surface area (Å²) in [6.45, 7) is 8.27. The van der Waals surface area contributed by atoms with E-state index in [9.17, 15) is 0 Å². The zero-order chi connectivity index (χ0) is 16.7. The van der Waals surface area contributed by atoms with Crippen LogP contribution in [0.3, 0.4) is 0 Å². The van der Waals surface area contributed by atoms with Crippen LogP contribution in [0.1, 0.15) is 31.9 Å². The van der Waals surface area contributed by atoms with Gasteiger partial charge >= 0.3 is 0 Å². The summed E-state index contributed by atoms with van der Waals surface area (Å²) in [5.74, 6) is 1.77. The van der Waals surface area contributed by atoms with Crippen LogP contribution in [-0.4, -0.2) is 19.8 Å². The van der Waals surface area contributed by atoms with Gasteiger partial charge in [0.2, 0.25) is 0 Å². The van der Waals surface area contributed by atoms with Gasteiger partial charge in [-0.3, -0.25) is 0 Å². The molecule has 2 aromatic carbocycles. The third-order valence-electron chi connectivity index (χ3n) is 3.72. The zero-order valence-electron chi connectivity index (χ0n) is 14.3. The molecule has 0 aliphatic heterocycles. The summed E-state index contributed by atoms with van der Waals surface area (Å²) in [6.07, 6.45) is 0.825. The summed E-state index contributed by atoms with van der Waals surface area (Å²) in [6, 6.07) is 16.3. The Morgan fingerprint density at radius 3 is 2.17 bits per heavy atom. The summed E-state index contributed by atoms with van der Waals surface area (Å²) in [5, 5.41) is 0. The average Bonchev–Trinajstić information content (AvgIpc) is 2.53. The third kappa shape index (κ3) is 5.29. The molecule has 0 aliphatic carbocycles. The minimum atomic E-state index is 0.161. The largest absolute Gasteiger partial charge is 0.490 e. The van der Waals surface area contributed by atoms with E-state index in [2.05, 4.69) is 32.9 Å². The van der Waals surface area contributed by atoms with Crippen molar-refractivity contribution in [2.75, 3.05) is 19.8 Å². The van der Waals surface area contributed by atoms with Gasteiger partial charge in [-0.25, -0.2) is 0 Å². The van der Waals surface area contributed by atoms with E-state index in [0.29, 0.717) is 19.8 Å². The first-order chi connectivity index (χ1) is 11.0. The lowest BCUT2D eigenvalue weighted by Gasteiger charge is -2.19.